The molecular weight excluding hydrogens is 413 g/mol. The number of nitrogens with zero attached hydrogens (tertiary/aromatic N) is 3. The second kappa shape index (κ2) is 9.50. The molecule has 0 fully saturated rings. The van der Waals surface area contributed by atoms with Crippen LogP contribution in [-0.2, 0) is 17.3 Å². The molecule has 0 unspecified atom stereocenters. The Morgan fingerprint density at radius 1 is 1.17 bits per heavy atom. The molecule has 0 aliphatic rings. The number of benzene rings is 1. The molecule has 0 bridgehead atoms. The van der Waals surface area contributed by atoms with Crippen LogP contribution in [0.2, 0.25) is 10.0 Å². The van der Waals surface area contributed by atoms with Gasteiger partial charge in [0.1, 0.15) is 12.4 Å². The van der Waals surface area contributed by atoms with Gasteiger partial charge in [-0.05, 0) is 24.6 Å². The van der Waals surface area contributed by atoms with Gasteiger partial charge in [-0.3, -0.25) is 9.48 Å². The highest BCUT2D eigenvalue weighted by molar-refractivity contribution is 6.36. The van der Waals surface area contributed by atoms with Crippen molar-refractivity contribution in [2.24, 2.45) is 7.05 Å². The lowest BCUT2D eigenvalue weighted by molar-refractivity contribution is -0.116. The molecule has 2 N–H and O–H groups in total. The molecule has 29 heavy (non-hydrogen) atoms. The van der Waals surface area contributed by atoms with Gasteiger partial charge in [-0.25, -0.2) is 4.79 Å². The summed E-state index contributed by atoms with van der Waals surface area (Å²) in [6.45, 7) is 8.41. The number of rotatable bonds is 6. The van der Waals surface area contributed by atoms with Crippen LogP contribution in [0.15, 0.2) is 24.3 Å². The maximum atomic E-state index is 12.7. The van der Waals surface area contributed by atoms with E-state index in [0.717, 1.165) is 5.69 Å². The maximum Gasteiger partial charge on any atom is 0.322 e. The summed E-state index contributed by atoms with van der Waals surface area (Å²) in [6, 6.07) is 6.23. The first kappa shape index (κ1) is 23.0. The zero-order valence-corrected chi connectivity index (χ0v) is 18.9. The minimum atomic E-state index is -0.411. The van der Waals surface area contributed by atoms with Crippen molar-refractivity contribution >= 4 is 46.6 Å². The minimum absolute atomic E-state index is 0.0963. The highest BCUT2D eigenvalue weighted by Crippen LogP contribution is 2.26. The van der Waals surface area contributed by atoms with Gasteiger partial charge in [-0.2, -0.15) is 5.10 Å². The number of urea groups is 1. The number of anilines is 2. The van der Waals surface area contributed by atoms with Crippen LogP contribution in [0.4, 0.5) is 16.3 Å². The molecule has 158 valence electrons. The number of amides is 3. The lowest BCUT2D eigenvalue weighted by atomic mass is 9.92. The minimum Gasteiger partial charge on any atom is -0.315 e. The summed E-state index contributed by atoms with van der Waals surface area (Å²) in [5, 5.41) is 10.8. The van der Waals surface area contributed by atoms with Crippen molar-refractivity contribution in [1.82, 2.24) is 14.7 Å². The molecule has 0 radical (unpaired) electrons. The van der Waals surface area contributed by atoms with Gasteiger partial charge < -0.3 is 15.5 Å². The summed E-state index contributed by atoms with van der Waals surface area (Å²) in [6.07, 6.45) is 0.703. The van der Waals surface area contributed by atoms with E-state index in [-0.39, 0.29) is 17.9 Å². The standard InChI is InChI=1S/C20H27Cl2N5O2/c1-6-9-27(19(29)23-15-8-7-13(21)10-14(15)22)12-18(28)24-17-11-16(20(2,3)4)25-26(17)5/h7-8,10-11H,6,9,12H2,1-5H3,(H,23,29)(H,24,28). The zero-order chi connectivity index (χ0) is 21.8. The molecule has 0 saturated heterocycles. The van der Waals surface area contributed by atoms with E-state index in [1.165, 1.54) is 4.90 Å². The van der Waals surface area contributed by atoms with Gasteiger partial charge in [0, 0.05) is 30.1 Å². The number of carbonyl (C=O) groups is 2. The number of carbonyl (C=O) groups excluding carboxylic acids is 2. The number of hydrogen-bond donors (Lipinski definition) is 2. The van der Waals surface area contributed by atoms with Crippen LogP contribution in [0.1, 0.15) is 39.8 Å². The average molecular weight is 440 g/mol. The monoisotopic (exact) mass is 439 g/mol. The Kier molecular flexibility index (Phi) is 7.54. The van der Waals surface area contributed by atoms with E-state index in [2.05, 4.69) is 36.5 Å². The Bertz CT molecular complexity index is 889. The Labute approximate surface area is 181 Å². The second-order valence-electron chi connectivity index (χ2n) is 7.81. The Morgan fingerprint density at radius 3 is 2.41 bits per heavy atom. The smallest absolute Gasteiger partial charge is 0.315 e. The third-order valence-corrected chi connectivity index (χ3v) is 4.75. The largest absolute Gasteiger partial charge is 0.322 e. The van der Waals surface area contributed by atoms with Crippen molar-refractivity contribution in [3.63, 3.8) is 0 Å². The fourth-order valence-electron chi connectivity index (χ4n) is 2.61. The fourth-order valence-corrected chi connectivity index (χ4v) is 3.07. The van der Waals surface area contributed by atoms with Crippen molar-refractivity contribution < 1.29 is 9.59 Å². The first-order valence-electron chi connectivity index (χ1n) is 9.36. The summed E-state index contributed by atoms with van der Waals surface area (Å²) in [4.78, 5) is 26.6. The molecule has 7 nitrogen and oxygen atoms in total. The highest BCUT2D eigenvalue weighted by atomic mass is 35.5. The Balaban J connectivity index is 2.06. The zero-order valence-electron chi connectivity index (χ0n) is 17.3. The highest BCUT2D eigenvalue weighted by Gasteiger charge is 2.21. The third-order valence-electron chi connectivity index (χ3n) is 4.20. The lowest BCUT2D eigenvalue weighted by Crippen LogP contribution is -2.41. The van der Waals surface area contributed by atoms with Crippen molar-refractivity contribution in [2.75, 3.05) is 23.7 Å². The molecule has 0 aliphatic heterocycles. The fraction of sp³-hybridized carbons (Fsp3) is 0.450. The van der Waals surface area contributed by atoms with E-state index in [9.17, 15) is 9.59 Å². The van der Waals surface area contributed by atoms with Crippen LogP contribution in [0.25, 0.3) is 0 Å². The van der Waals surface area contributed by atoms with Crippen molar-refractivity contribution in [1.29, 1.82) is 0 Å². The maximum absolute atomic E-state index is 12.7. The van der Waals surface area contributed by atoms with E-state index in [0.29, 0.717) is 34.5 Å². The average Bonchev–Trinajstić information content (AvgIpc) is 2.98. The van der Waals surface area contributed by atoms with Crippen molar-refractivity contribution in [3.8, 4) is 0 Å². The van der Waals surface area contributed by atoms with E-state index >= 15 is 0 Å². The molecule has 9 heteroatoms. The summed E-state index contributed by atoms with van der Waals surface area (Å²) in [5.74, 6) is 0.275. The second-order valence-corrected chi connectivity index (χ2v) is 8.66. The molecule has 1 aromatic carbocycles. The molecule has 2 rings (SSSR count). The SMILES string of the molecule is CCCN(CC(=O)Nc1cc(C(C)(C)C)nn1C)C(=O)Nc1ccc(Cl)cc1Cl. The van der Waals surface area contributed by atoms with Crippen LogP contribution in [0.5, 0.6) is 0 Å². The molecule has 0 atom stereocenters. The van der Waals surface area contributed by atoms with Gasteiger partial charge in [-0.15, -0.1) is 0 Å². The van der Waals surface area contributed by atoms with Gasteiger partial charge in [0.05, 0.1) is 16.4 Å². The molecular formula is C20H27Cl2N5O2. The first-order chi connectivity index (χ1) is 13.5. The van der Waals surface area contributed by atoms with Gasteiger partial charge in [0.15, 0.2) is 0 Å². The van der Waals surface area contributed by atoms with Gasteiger partial charge in [0.25, 0.3) is 0 Å². The van der Waals surface area contributed by atoms with Crippen molar-refractivity contribution in [2.45, 2.75) is 39.5 Å². The number of halogens is 2. The van der Waals surface area contributed by atoms with E-state index < -0.39 is 6.03 Å². The lowest BCUT2D eigenvalue weighted by Gasteiger charge is -2.22. The molecule has 0 aliphatic carbocycles. The quantitative estimate of drug-likeness (QED) is 0.670. The molecule has 1 aromatic heterocycles. The number of hydrogen-bond acceptors (Lipinski definition) is 3. The van der Waals surface area contributed by atoms with Gasteiger partial charge in [0.2, 0.25) is 5.91 Å². The van der Waals surface area contributed by atoms with Crippen LogP contribution >= 0.6 is 23.2 Å². The third kappa shape index (κ3) is 6.37. The Morgan fingerprint density at radius 2 is 1.86 bits per heavy atom. The summed E-state index contributed by atoms with van der Waals surface area (Å²) in [5.41, 5.74) is 1.17. The predicted molar refractivity (Wildman–Crippen MR) is 118 cm³/mol. The normalized spacial score (nSPS) is 11.3. The molecule has 2 aromatic rings. The van der Waals surface area contributed by atoms with Crippen LogP contribution in [0, 0.1) is 0 Å². The van der Waals surface area contributed by atoms with E-state index in [1.807, 2.05) is 13.0 Å². The number of aromatic nitrogens is 2. The van der Waals surface area contributed by atoms with Crippen LogP contribution in [-0.4, -0.2) is 39.7 Å². The Hall–Kier alpha value is -2.25. The topological polar surface area (TPSA) is 79.3 Å². The molecule has 0 saturated carbocycles. The summed E-state index contributed by atoms with van der Waals surface area (Å²) < 4.78 is 1.62. The molecule has 0 spiro atoms. The number of nitrogens with one attached hydrogen (secondary N) is 2. The van der Waals surface area contributed by atoms with Crippen molar-refractivity contribution in [3.05, 3.63) is 40.0 Å². The summed E-state index contributed by atoms with van der Waals surface area (Å²) >= 11 is 12.0. The molecule has 3 amide bonds. The molecule has 1 heterocycles. The first-order valence-corrected chi connectivity index (χ1v) is 10.1. The van der Waals surface area contributed by atoms with E-state index in [1.54, 1.807) is 29.9 Å². The van der Waals surface area contributed by atoms with Gasteiger partial charge in [-0.1, -0.05) is 50.9 Å². The summed E-state index contributed by atoms with van der Waals surface area (Å²) in [7, 11) is 1.77. The number of aryl methyl sites for hydroxylation is 1. The van der Waals surface area contributed by atoms with E-state index in [4.69, 9.17) is 23.2 Å². The predicted octanol–water partition coefficient (Wildman–Crippen LogP) is 4.91. The van der Waals surface area contributed by atoms with Crippen LogP contribution < -0.4 is 10.6 Å². The van der Waals surface area contributed by atoms with Gasteiger partial charge >= 0.3 is 6.03 Å². The van der Waals surface area contributed by atoms with Crippen LogP contribution in [0.3, 0.4) is 0 Å².